The number of halogens is 2. The van der Waals surface area contributed by atoms with Crippen molar-refractivity contribution in [2.24, 2.45) is 0 Å². The average molecular weight is 307 g/mol. The zero-order chi connectivity index (χ0) is 14.3. The first-order valence-corrected chi connectivity index (χ1v) is 6.48. The fourth-order valence-electron chi connectivity index (χ4n) is 1.94. The van der Waals surface area contributed by atoms with Crippen molar-refractivity contribution in [3.8, 4) is 11.4 Å². The average Bonchev–Trinajstić information content (AvgIpc) is 2.84. The van der Waals surface area contributed by atoms with Crippen LogP contribution in [0.2, 0.25) is 10.0 Å². The number of hydrogen-bond acceptors (Lipinski definition) is 2. The molecule has 2 N–H and O–H groups in total. The highest BCUT2D eigenvalue weighted by molar-refractivity contribution is 6.35. The Morgan fingerprint density at radius 2 is 1.85 bits per heavy atom. The van der Waals surface area contributed by atoms with E-state index in [1.165, 1.54) is 12.1 Å². The molecule has 100 valence electrons. The van der Waals surface area contributed by atoms with Crippen LogP contribution in [-0.4, -0.2) is 21.0 Å². The first-order chi connectivity index (χ1) is 9.54. The Balaban J connectivity index is 2.17. The zero-order valence-corrected chi connectivity index (χ0v) is 11.5. The van der Waals surface area contributed by atoms with Gasteiger partial charge in [0.05, 0.1) is 16.1 Å². The lowest BCUT2D eigenvalue weighted by Crippen LogP contribution is -1.95. The third-order valence-electron chi connectivity index (χ3n) is 2.90. The Labute approximate surface area is 124 Å². The molecule has 0 saturated heterocycles. The summed E-state index contributed by atoms with van der Waals surface area (Å²) in [4.78, 5) is 18.5. The predicted molar refractivity (Wildman–Crippen MR) is 78.5 cm³/mol. The lowest BCUT2D eigenvalue weighted by molar-refractivity contribution is 0.0697. The predicted octanol–water partition coefficient (Wildman–Crippen LogP) is 4.23. The number of aromatic amines is 1. The van der Waals surface area contributed by atoms with Crippen molar-refractivity contribution in [1.82, 2.24) is 9.97 Å². The van der Waals surface area contributed by atoms with Gasteiger partial charge in [0.1, 0.15) is 11.3 Å². The second-order valence-electron chi connectivity index (χ2n) is 4.25. The first-order valence-electron chi connectivity index (χ1n) is 5.73. The quantitative estimate of drug-likeness (QED) is 0.744. The van der Waals surface area contributed by atoms with Crippen LogP contribution in [0.1, 0.15) is 10.4 Å². The molecule has 1 aromatic heterocycles. The number of aromatic nitrogens is 2. The molecule has 0 aliphatic rings. The molecule has 4 nitrogen and oxygen atoms in total. The molecule has 3 aromatic rings. The van der Waals surface area contributed by atoms with Gasteiger partial charge >= 0.3 is 5.97 Å². The Bertz CT molecular complexity index is 810. The van der Waals surface area contributed by atoms with E-state index in [-0.39, 0.29) is 5.56 Å². The Kier molecular flexibility index (Phi) is 3.12. The number of carbonyl (C=O) groups is 1. The van der Waals surface area contributed by atoms with Crippen LogP contribution in [0.5, 0.6) is 0 Å². The lowest BCUT2D eigenvalue weighted by atomic mass is 10.2. The fourth-order valence-corrected chi connectivity index (χ4v) is 2.33. The van der Waals surface area contributed by atoms with Crippen molar-refractivity contribution in [2.45, 2.75) is 0 Å². The largest absolute Gasteiger partial charge is 0.478 e. The fraction of sp³-hybridized carbons (Fsp3) is 0. The molecule has 6 heteroatoms. The number of benzene rings is 2. The Morgan fingerprint density at radius 1 is 1.15 bits per heavy atom. The van der Waals surface area contributed by atoms with Crippen LogP contribution in [0.4, 0.5) is 0 Å². The summed E-state index contributed by atoms with van der Waals surface area (Å²) in [6.45, 7) is 0. The highest BCUT2D eigenvalue weighted by Crippen LogP contribution is 2.27. The molecule has 0 atom stereocenters. The lowest BCUT2D eigenvalue weighted by Gasteiger charge is -1.96. The molecule has 1 heterocycles. The number of nitrogens with zero attached hydrogens (tertiary/aromatic N) is 1. The molecular weight excluding hydrogens is 299 g/mol. The third kappa shape index (κ3) is 2.24. The molecule has 0 aliphatic heterocycles. The van der Waals surface area contributed by atoms with Crippen LogP contribution in [-0.2, 0) is 0 Å². The van der Waals surface area contributed by atoms with Gasteiger partial charge in [0.2, 0.25) is 0 Å². The monoisotopic (exact) mass is 306 g/mol. The highest BCUT2D eigenvalue weighted by Gasteiger charge is 2.12. The van der Waals surface area contributed by atoms with Crippen LogP contribution >= 0.6 is 23.2 Å². The molecule has 3 rings (SSSR count). The molecule has 20 heavy (non-hydrogen) atoms. The number of aromatic carboxylic acids is 1. The van der Waals surface area contributed by atoms with E-state index in [0.717, 1.165) is 5.56 Å². The van der Waals surface area contributed by atoms with Crippen LogP contribution < -0.4 is 0 Å². The van der Waals surface area contributed by atoms with Crippen molar-refractivity contribution in [2.75, 3.05) is 0 Å². The number of H-pyrrole nitrogens is 1. The summed E-state index contributed by atoms with van der Waals surface area (Å²) < 4.78 is 0. The summed E-state index contributed by atoms with van der Waals surface area (Å²) in [5, 5.41) is 9.95. The molecule has 0 spiro atoms. The zero-order valence-electron chi connectivity index (χ0n) is 10.0. The van der Waals surface area contributed by atoms with Crippen LogP contribution in [0, 0.1) is 0 Å². The van der Waals surface area contributed by atoms with Gasteiger partial charge in [-0.3, -0.25) is 0 Å². The normalized spacial score (nSPS) is 10.9. The van der Waals surface area contributed by atoms with Gasteiger partial charge in [-0.05, 0) is 36.4 Å². The second kappa shape index (κ2) is 4.81. The second-order valence-corrected chi connectivity index (χ2v) is 5.10. The summed E-state index contributed by atoms with van der Waals surface area (Å²) in [6, 6.07) is 10.1. The maximum Gasteiger partial charge on any atom is 0.335 e. The van der Waals surface area contributed by atoms with Gasteiger partial charge < -0.3 is 10.1 Å². The minimum atomic E-state index is -1.03. The number of carboxylic acids is 1. The Hall–Kier alpha value is -2.04. The Morgan fingerprint density at radius 3 is 2.50 bits per heavy atom. The van der Waals surface area contributed by atoms with Crippen molar-refractivity contribution >= 4 is 40.2 Å². The summed E-state index contributed by atoms with van der Waals surface area (Å²) in [6.07, 6.45) is 0. The third-order valence-corrected chi connectivity index (χ3v) is 3.44. The number of carboxylic acid groups (broad SMARTS) is 1. The number of hydrogen-bond donors (Lipinski definition) is 2. The van der Waals surface area contributed by atoms with Crippen LogP contribution in [0.25, 0.3) is 22.4 Å². The van der Waals surface area contributed by atoms with E-state index in [4.69, 9.17) is 28.3 Å². The van der Waals surface area contributed by atoms with Crippen molar-refractivity contribution in [3.63, 3.8) is 0 Å². The SMILES string of the molecule is O=C(O)c1cc(Cl)c2nc(-c3ccc(Cl)cc3)[nH]c2c1. The number of fused-ring (bicyclic) bond motifs is 1. The van der Waals surface area contributed by atoms with Gasteiger partial charge in [-0.1, -0.05) is 23.2 Å². The van der Waals surface area contributed by atoms with Gasteiger partial charge in [-0.2, -0.15) is 0 Å². The molecule has 0 radical (unpaired) electrons. The summed E-state index contributed by atoms with van der Waals surface area (Å²) >= 11 is 11.9. The van der Waals surface area contributed by atoms with Gasteiger partial charge in [0, 0.05) is 10.6 Å². The molecule has 0 aliphatic carbocycles. The maximum absolute atomic E-state index is 11.0. The molecule has 0 amide bonds. The van der Waals surface area contributed by atoms with Crippen molar-refractivity contribution in [1.29, 1.82) is 0 Å². The van der Waals surface area contributed by atoms with Crippen molar-refractivity contribution < 1.29 is 9.90 Å². The van der Waals surface area contributed by atoms with Gasteiger partial charge in [-0.25, -0.2) is 9.78 Å². The van der Waals surface area contributed by atoms with E-state index in [1.807, 2.05) is 12.1 Å². The number of imidazole rings is 1. The van der Waals surface area contributed by atoms with Crippen LogP contribution in [0.3, 0.4) is 0 Å². The number of nitrogens with one attached hydrogen (secondary N) is 1. The molecule has 0 unspecified atom stereocenters. The van der Waals surface area contributed by atoms with Gasteiger partial charge in [0.25, 0.3) is 0 Å². The van der Waals surface area contributed by atoms with E-state index >= 15 is 0 Å². The minimum Gasteiger partial charge on any atom is -0.478 e. The molecule has 0 saturated carbocycles. The van der Waals surface area contributed by atoms with E-state index in [9.17, 15) is 4.79 Å². The highest BCUT2D eigenvalue weighted by atomic mass is 35.5. The topological polar surface area (TPSA) is 66.0 Å². The smallest absolute Gasteiger partial charge is 0.335 e. The van der Waals surface area contributed by atoms with Crippen molar-refractivity contribution in [3.05, 3.63) is 52.0 Å². The molecule has 0 fully saturated rings. The summed E-state index contributed by atoms with van der Waals surface area (Å²) in [5.74, 6) is -0.419. The van der Waals surface area contributed by atoms with Crippen LogP contribution in [0.15, 0.2) is 36.4 Å². The first kappa shape index (κ1) is 13.0. The van der Waals surface area contributed by atoms with E-state index in [0.29, 0.717) is 26.9 Å². The molecule has 2 aromatic carbocycles. The van der Waals surface area contributed by atoms with E-state index in [1.54, 1.807) is 12.1 Å². The molecule has 0 bridgehead atoms. The van der Waals surface area contributed by atoms with E-state index in [2.05, 4.69) is 9.97 Å². The number of rotatable bonds is 2. The van der Waals surface area contributed by atoms with E-state index < -0.39 is 5.97 Å². The summed E-state index contributed by atoms with van der Waals surface area (Å²) in [5.41, 5.74) is 2.09. The van der Waals surface area contributed by atoms with Gasteiger partial charge in [0.15, 0.2) is 0 Å². The summed E-state index contributed by atoms with van der Waals surface area (Å²) in [7, 11) is 0. The molecular formula is C14H8Cl2N2O2. The van der Waals surface area contributed by atoms with Gasteiger partial charge in [-0.15, -0.1) is 0 Å². The maximum atomic E-state index is 11.0. The standard InChI is InChI=1S/C14H8Cl2N2O2/c15-9-3-1-7(2-4-9)13-17-11-6-8(14(19)20)5-10(16)12(11)18-13/h1-6H,(H,17,18)(H,19,20). The minimum absolute atomic E-state index is 0.119.